The maximum atomic E-state index is 3.46. The summed E-state index contributed by atoms with van der Waals surface area (Å²) in [6, 6.07) is 0. The van der Waals surface area contributed by atoms with Crippen LogP contribution in [0.3, 0.4) is 0 Å². The van der Waals surface area contributed by atoms with Gasteiger partial charge in [0, 0.05) is 12.2 Å². The molecule has 1 nitrogen and oxygen atoms in total. The number of hydrogen-bond donors (Lipinski definition) is 1. The summed E-state index contributed by atoms with van der Waals surface area (Å²) in [4.78, 5) is 0. The van der Waals surface area contributed by atoms with Gasteiger partial charge in [0.05, 0.1) is 0 Å². The van der Waals surface area contributed by atoms with Crippen LogP contribution in [0.2, 0.25) is 0 Å². The molecular weight excluding hydrogens is 134 g/mol. The van der Waals surface area contributed by atoms with Gasteiger partial charge < -0.3 is 5.32 Å². The Labute approximate surface area is 68.2 Å². The molecule has 1 aliphatic carbocycles. The zero-order valence-corrected chi connectivity index (χ0v) is 7.06. The molecular formula is C10H15N. The van der Waals surface area contributed by atoms with Crippen LogP contribution in [0.5, 0.6) is 0 Å². The molecule has 0 aromatic heterocycles. The number of nitrogens with one attached hydrogen (secondary N) is 1. The number of hydrogen-bond acceptors (Lipinski definition) is 1. The largest absolute Gasteiger partial charge is 0.384 e. The second kappa shape index (κ2) is 2.72. The van der Waals surface area contributed by atoms with Crippen LogP contribution in [0.25, 0.3) is 0 Å². The molecule has 0 spiro atoms. The van der Waals surface area contributed by atoms with Gasteiger partial charge in [0.1, 0.15) is 0 Å². The average molecular weight is 149 g/mol. The fraction of sp³-hybridized carbons (Fsp3) is 0.600. The van der Waals surface area contributed by atoms with Crippen molar-refractivity contribution in [3.05, 3.63) is 23.4 Å². The summed E-state index contributed by atoms with van der Waals surface area (Å²) in [7, 11) is 0. The lowest BCUT2D eigenvalue weighted by Crippen LogP contribution is -2.25. The molecule has 1 heterocycles. The first kappa shape index (κ1) is 6.96. The molecule has 0 radical (unpaired) electrons. The summed E-state index contributed by atoms with van der Waals surface area (Å²) in [5.74, 6) is 0.767. The van der Waals surface area contributed by atoms with Gasteiger partial charge in [-0.1, -0.05) is 19.1 Å². The van der Waals surface area contributed by atoms with Crippen molar-refractivity contribution < 1.29 is 0 Å². The number of rotatable bonds is 0. The quantitative estimate of drug-likeness (QED) is 0.557. The van der Waals surface area contributed by atoms with Crippen LogP contribution >= 0.6 is 0 Å². The van der Waals surface area contributed by atoms with E-state index in [0.717, 1.165) is 12.5 Å². The van der Waals surface area contributed by atoms with Gasteiger partial charge in [-0.15, -0.1) is 0 Å². The van der Waals surface area contributed by atoms with E-state index in [1.54, 1.807) is 5.57 Å². The van der Waals surface area contributed by atoms with Gasteiger partial charge in [-0.05, 0) is 30.8 Å². The Morgan fingerprint density at radius 2 is 2.45 bits per heavy atom. The molecule has 1 N–H and O–H groups in total. The third-order valence-corrected chi connectivity index (χ3v) is 2.65. The van der Waals surface area contributed by atoms with Crippen LogP contribution in [-0.4, -0.2) is 6.54 Å². The van der Waals surface area contributed by atoms with Crippen LogP contribution in [0.4, 0.5) is 0 Å². The molecule has 2 aliphatic rings. The molecule has 0 fully saturated rings. The van der Waals surface area contributed by atoms with E-state index in [1.807, 2.05) is 0 Å². The first-order chi connectivity index (χ1) is 5.38. The van der Waals surface area contributed by atoms with Crippen LogP contribution in [0, 0.1) is 5.92 Å². The molecule has 0 saturated heterocycles. The van der Waals surface area contributed by atoms with E-state index in [2.05, 4.69) is 24.4 Å². The first-order valence-corrected chi connectivity index (χ1v) is 4.51. The Kier molecular flexibility index (Phi) is 1.72. The van der Waals surface area contributed by atoms with Crippen molar-refractivity contribution in [3.8, 4) is 0 Å². The van der Waals surface area contributed by atoms with Gasteiger partial charge in [-0.25, -0.2) is 0 Å². The summed E-state index contributed by atoms with van der Waals surface area (Å²) >= 11 is 0. The summed E-state index contributed by atoms with van der Waals surface area (Å²) in [5.41, 5.74) is 3.06. The third-order valence-electron chi connectivity index (χ3n) is 2.65. The minimum absolute atomic E-state index is 0.767. The molecule has 2 rings (SSSR count). The van der Waals surface area contributed by atoms with E-state index >= 15 is 0 Å². The lowest BCUT2D eigenvalue weighted by Gasteiger charge is -2.27. The predicted octanol–water partition coefficient (Wildman–Crippen LogP) is 2.22. The van der Waals surface area contributed by atoms with Crippen molar-refractivity contribution in [2.75, 3.05) is 6.54 Å². The highest BCUT2D eigenvalue weighted by Gasteiger charge is 2.18. The van der Waals surface area contributed by atoms with Crippen LogP contribution in [0.1, 0.15) is 26.2 Å². The van der Waals surface area contributed by atoms with E-state index in [9.17, 15) is 0 Å². The Hall–Kier alpha value is -0.720. The van der Waals surface area contributed by atoms with E-state index in [0.29, 0.717) is 0 Å². The van der Waals surface area contributed by atoms with Crippen molar-refractivity contribution in [2.24, 2.45) is 5.92 Å². The standard InChI is InChI=1S/C10H15N/c1-8-4-2-5-9-6-3-7-11-10(8)9/h3,6,8,11H,2,4-5,7H2,1H3. The molecule has 0 aromatic carbocycles. The third kappa shape index (κ3) is 1.20. The molecule has 0 bridgehead atoms. The highest BCUT2D eigenvalue weighted by molar-refractivity contribution is 5.31. The van der Waals surface area contributed by atoms with Crippen molar-refractivity contribution >= 4 is 0 Å². The smallest absolute Gasteiger partial charge is 0.0331 e. The lowest BCUT2D eigenvalue weighted by molar-refractivity contribution is 0.502. The summed E-state index contributed by atoms with van der Waals surface area (Å²) in [5, 5.41) is 3.46. The second-order valence-corrected chi connectivity index (χ2v) is 3.52. The molecule has 1 atom stereocenters. The topological polar surface area (TPSA) is 12.0 Å². The monoisotopic (exact) mass is 149 g/mol. The van der Waals surface area contributed by atoms with Gasteiger partial charge >= 0.3 is 0 Å². The van der Waals surface area contributed by atoms with Crippen molar-refractivity contribution in [2.45, 2.75) is 26.2 Å². The fourth-order valence-electron chi connectivity index (χ4n) is 2.03. The van der Waals surface area contributed by atoms with Gasteiger partial charge in [-0.2, -0.15) is 0 Å². The maximum absolute atomic E-state index is 3.46. The maximum Gasteiger partial charge on any atom is 0.0331 e. The predicted molar refractivity (Wildman–Crippen MR) is 47.2 cm³/mol. The summed E-state index contributed by atoms with van der Waals surface area (Å²) in [6.07, 6.45) is 8.52. The van der Waals surface area contributed by atoms with E-state index in [1.165, 1.54) is 25.0 Å². The molecule has 0 amide bonds. The minimum Gasteiger partial charge on any atom is -0.384 e. The van der Waals surface area contributed by atoms with Crippen LogP contribution in [0.15, 0.2) is 23.4 Å². The van der Waals surface area contributed by atoms with Crippen molar-refractivity contribution in [1.29, 1.82) is 0 Å². The van der Waals surface area contributed by atoms with E-state index < -0.39 is 0 Å². The summed E-state index contributed by atoms with van der Waals surface area (Å²) < 4.78 is 0. The van der Waals surface area contributed by atoms with Crippen molar-refractivity contribution in [1.82, 2.24) is 5.32 Å². The molecule has 1 unspecified atom stereocenters. The zero-order valence-electron chi connectivity index (χ0n) is 7.06. The average Bonchev–Trinajstić information content (AvgIpc) is 2.06. The van der Waals surface area contributed by atoms with Gasteiger partial charge in [0.15, 0.2) is 0 Å². The zero-order chi connectivity index (χ0) is 7.68. The van der Waals surface area contributed by atoms with E-state index in [4.69, 9.17) is 0 Å². The Morgan fingerprint density at radius 3 is 3.27 bits per heavy atom. The van der Waals surface area contributed by atoms with Crippen LogP contribution < -0.4 is 5.32 Å². The fourth-order valence-corrected chi connectivity index (χ4v) is 2.03. The van der Waals surface area contributed by atoms with Gasteiger partial charge in [0.2, 0.25) is 0 Å². The molecule has 0 aromatic rings. The summed E-state index contributed by atoms with van der Waals surface area (Å²) in [6.45, 7) is 3.35. The van der Waals surface area contributed by atoms with Gasteiger partial charge in [-0.3, -0.25) is 0 Å². The van der Waals surface area contributed by atoms with Crippen molar-refractivity contribution in [3.63, 3.8) is 0 Å². The van der Waals surface area contributed by atoms with E-state index in [-0.39, 0.29) is 0 Å². The highest BCUT2D eigenvalue weighted by atomic mass is 14.9. The number of dihydropyridines is 1. The second-order valence-electron chi connectivity index (χ2n) is 3.52. The molecule has 0 saturated carbocycles. The molecule has 1 heteroatoms. The molecule has 1 aliphatic heterocycles. The minimum atomic E-state index is 0.767. The Bertz CT molecular complexity index is 213. The normalized spacial score (nSPS) is 29.7. The first-order valence-electron chi connectivity index (χ1n) is 4.51. The molecule has 11 heavy (non-hydrogen) atoms. The lowest BCUT2D eigenvalue weighted by atomic mass is 9.87. The number of allylic oxidation sites excluding steroid dienone is 3. The van der Waals surface area contributed by atoms with Crippen LogP contribution in [-0.2, 0) is 0 Å². The molecule has 60 valence electrons. The SMILES string of the molecule is CC1CCCC2=C1NCC=C2. The van der Waals surface area contributed by atoms with Gasteiger partial charge in [0.25, 0.3) is 0 Å². The Balaban J connectivity index is 2.28. The highest BCUT2D eigenvalue weighted by Crippen LogP contribution is 2.29. The Morgan fingerprint density at radius 1 is 1.55 bits per heavy atom.